The van der Waals surface area contributed by atoms with Crippen LogP contribution in [0.1, 0.15) is 10.4 Å². The molecule has 0 N–H and O–H groups in total. The van der Waals surface area contributed by atoms with Gasteiger partial charge in [-0.15, -0.1) is 11.8 Å². The van der Waals surface area contributed by atoms with E-state index in [-0.39, 0.29) is 16.9 Å². The Hall–Kier alpha value is -2.29. The van der Waals surface area contributed by atoms with Gasteiger partial charge in [0, 0.05) is 5.75 Å². The molecule has 2 rings (SSSR count). The van der Waals surface area contributed by atoms with E-state index < -0.39 is 22.9 Å². The van der Waals surface area contributed by atoms with Gasteiger partial charge >= 0.3 is 17.6 Å². The molecule has 1 aromatic rings. The second-order valence-corrected chi connectivity index (χ2v) is 5.43. The summed E-state index contributed by atoms with van der Waals surface area (Å²) in [7, 11) is 2.42. The third-order valence-corrected chi connectivity index (χ3v) is 4.28. The minimum Gasteiger partial charge on any atom is -0.467 e. The Labute approximate surface area is 130 Å². The van der Waals surface area contributed by atoms with Crippen molar-refractivity contribution in [3.05, 3.63) is 33.9 Å². The molecule has 1 aliphatic rings. The van der Waals surface area contributed by atoms with Gasteiger partial charge < -0.3 is 14.4 Å². The first-order valence-electron chi connectivity index (χ1n) is 6.29. The highest BCUT2D eigenvalue weighted by Crippen LogP contribution is 2.37. The number of carbonyl (C=O) groups is 2. The van der Waals surface area contributed by atoms with Crippen LogP contribution < -0.4 is 4.90 Å². The molecule has 0 radical (unpaired) electrons. The average Bonchev–Trinajstić information content (AvgIpc) is 3.01. The van der Waals surface area contributed by atoms with Crippen LogP contribution >= 0.6 is 11.8 Å². The van der Waals surface area contributed by atoms with E-state index in [1.54, 1.807) is 4.90 Å². The Bertz CT molecular complexity index is 621. The van der Waals surface area contributed by atoms with Crippen molar-refractivity contribution in [2.24, 2.45) is 0 Å². The van der Waals surface area contributed by atoms with Crippen molar-refractivity contribution in [1.82, 2.24) is 0 Å². The van der Waals surface area contributed by atoms with Crippen LogP contribution in [0.3, 0.4) is 0 Å². The lowest BCUT2D eigenvalue weighted by Crippen LogP contribution is -2.39. The quantitative estimate of drug-likeness (QED) is 0.465. The summed E-state index contributed by atoms with van der Waals surface area (Å²) < 4.78 is 9.31. The number of carbonyl (C=O) groups excluding carboxylic acids is 2. The molecule has 0 amide bonds. The fraction of sp³-hybridized carbons (Fsp3) is 0.385. The van der Waals surface area contributed by atoms with Crippen LogP contribution in [0.2, 0.25) is 0 Å². The molecule has 1 saturated heterocycles. The maximum Gasteiger partial charge on any atom is 0.344 e. The number of ether oxygens (including phenoxy) is 2. The fourth-order valence-corrected chi connectivity index (χ4v) is 3.40. The topological polar surface area (TPSA) is 99.0 Å². The summed E-state index contributed by atoms with van der Waals surface area (Å²) in [4.78, 5) is 35.9. The maximum atomic E-state index is 11.8. The van der Waals surface area contributed by atoms with E-state index in [2.05, 4.69) is 4.74 Å². The van der Waals surface area contributed by atoms with Crippen molar-refractivity contribution in [2.45, 2.75) is 6.04 Å². The number of hydrogen-bond acceptors (Lipinski definition) is 8. The first kappa shape index (κ1) is 16.1. The van der Waals surface area contributed by atoms with Gasteiger partial charge in [0.15, 0.2) is 0 Å². The largest absolute Gasteiger partial charge is 0.467 e. The molecule has 0 aromatic heterocycles. The average molecular weight is 326 g/mol. The third-order valence-electron chi connectivity index (χ3n) is 3.27. The number of methoxy groups -OCH3 is 2. The zero-order valence-corrected chi connectivity index (χ0v) is 12.8. The van der Waals surface area contributed by atoms with Gasteiger partial charge in [0.2, 0.25) is 0 Å². The molecule has 1 aliphatic heterocycles. The fourth-order valence-electron chi connectivity index (χ4n) is 2.24. The van der Waals surface area contributed by atoms with Gasteiger partial charge in [-0.25, -0.2) is 9.59 Å². The van der Waals surface area contributed by atoms with Crippen molar-refractivity contribution in [3.8, 4) is 0 Å². The summed E-state index contributed by atoms with van der Waals surface area (Å²) in [6.07, 6.45) is 0. The van der Waals surface area contributed by atoms with Gasteiger partial charge in [-0.2, -0.15) is 0 Å². The number of esters is 2. The van der Waals surface area contributed by atoms with Crippen LogP contribution in [0.4, 0.5) is 11.4 Å². The Morgan fingerprint density at radius 3 is 2.68 bits per heavy atom. The maximum absolute atomic E-state index is 11.8. The molecule has 1 atom stereocenters. The molecule has 0 bridgehead atoms. The summed E-state index contributed by atoms with van der Waals surface area (Å²) in [5.74, 6) is -0.407. The Morgan fingerprint density at radius 1 is 1.36 bits per heavy atom. The summed E-state index contributed by atoms with van der Waals surface area (Å²) in [5.41, 5.74) is -0.315. The van der Waals surface area contributed by atoms with Crippen molar-refractivity contribution < 1.29 is 24.0 Å². The van der Waals surface area contributed by atoms with Gasteiger partial charge in [-0.05, 0) is 12.1 Å². The summed E-state index contributed by atoms with van der Waals surface area (Å²) in [6.45, 7) is 0. The van der Waals surface area contributed by atoms with Crippen molar-refractivity contribution in [1.29, 1.82) is 0 Å². The SMILES string of the molecule is COC(=O)c1cccc(N2CSCC2C(=O)OC)c1[N+](=O)[O-]. The standard InChI is InChI=1S/C13H14N2O6S/c1-20-12(16)8-4-3-5-9(11(8)15(18)19)14-7-22-6-10(14)13(17)21-2/h3-5,10H,6-7H2,1-2H3. The minimum absolute atomic E-state index is 0.148. The second kappa shape index (κ2) is 6.65. The van der Waals surface area contributed by atoms with Crippen molar-refractivity contribution in [3.63, 3.8) is 0 Å². The van der Waals surface area contributed by atoms with Crippen LogP contribution in [0, 0.1) is 10.1 Å². The highest BCUT2D eigenvalue weighted by Gasteiger charge is 2.37. The van der Waals surface area contributed by atoms with Gasteiger partial charge in [0.25, 0.3) is 0 Å². The summed E-state index contributed by atoms with van der Waals surface area (Å²) >= 11 is 1.46. The third kappa shape index (κ3) is 2.84. The number of nitro benzene ring substituents is 1. The Morgan fingerprint density at radius 2 is 2.09 bits per heavy atom. The lowest BCUT2D eigenvalue weighted by molar-refractivity contribution is -0.384. The number of hydrogen-bond donors (Lipinski definition) is 0. The number of thioether (sulfide) groups is 1. The number of rotatable bonds is 4. The van der Waals surface area contributed by atoms with E-state index in [0.717, 1.165) is 7.11 Å². The first-order chi connectivity index (χ1) is 10.5. The van der Waals surface area contributed by atoms with Crippen molar-refractivity contribution in [2.75, 3.05) is 30.7 Å². The molecule has 1 aromatic carbocycles. The molecule has 8 nitrogen and oxygen atoms in total. The van der Waals surface area contributed by atoms with E-state index in [9.17, 15) is 19.7 Å². The number of nitrogens with zero attached hydrogens (tertiary/aromatic N) is 2. The molecular weight excluding hydrogens is 312 g/mol. The number of benzene rings is 1. The van der Waals surface area contributed by atoms with Crippen LogP contribution in [0.25, 0.3) is 0 Å². The van der Waals surface area contributed by atoms with Crippen LogP contribution in [0.15, 0.2) is 18.2 Å². The second-order valence-electron chi connectivity index (χ2n) is 4.43. The lowest BCUT2D eigenvalue weighted by Gasteiger charge is -2.23. The van der Waals surface area contributed by atoms with Gasteiger partial charge in [0.1, 0.15) is 17.3 Å². The zero-order chi connectivity index (χ0) is 16.3. The number of para-hydroxylation sites is 1. The smallest absolute Gasteiger partial charge is 0.344 e. The number of nitro groups is 1. The summed E-state index contributed by atoms with van der Waals surface area (Å²) in [5, 5.41) is 11.4. The monoisotopic (exact) mass is 326 g/mol. The Kier molecular flexibility index (Phi) is 4.86. The van der Waals surface area contributed by atoms with Crippen LogP contribution in [0.5, 0.6) is 0 Å². The molecule has 1 heterocycles. The van der Waals surface area contributed by atoms with Crippen LogP contribution in [-0.2, 0) is 14.3 Å². The molecule has 1 unspecified atom stereocenters. The van der Waals surface area contributed by atoms with Crippen LogP contribution in [-0.4, -0.2) is 48.8 Å². The van der Waals surface area contributed by atoms with E-state index in [0.29, 0.717) is 11.6 Å². The molecule has 0 aliphatic carbocycles. The van der Waals surface area contributed by atoms with E-state index >= 15 is 0 Å². The molecule has 22 heavy (non-hydrogen) atoms. The molecule has 9 heteroatoms. The van der Waals surface area contributed by atoms with Gasteiger partial charge in [-0.3, -0.25) is 10.1 Å². The highest BCUT2D eigenvalue weighted by atomic mass is 32.2. The highest BCUT2D eigenvalue weighted by molar-refractivity contribution is 7.99. The molecule has 1 fully saturated rings. The van der Waals surface area contributed by atoms with Gasteiger partial charge in [-0.1, -0.05) is 6.07 Å². The van der Waals surface area contributed by atoms with E-state index in [1.807, 2.05) is 0 Å². The van der Waals surface area contributed by atoms with Crippen molar-refractivity contribution >= 4 is 35.1 Å². The molecule has 0 spiro atoms. The predicted molar refractivity (Wildman–Crippen MR) is 80.0 cm³/mol. The first-order valence-corrected chi connectivity index (χ1v) is 7.44. The predicted octanol–water partition coefficient (Wildman–Crippen LogP) is 1.43. The molecule has 118 valence electrons. The lowest BCUT2D eigenvalue weighted by atomic mass is 10.1. The number of anilines is 1. The van der Waals surface area contributed by atoms with E-state index in [1.165, 1.54) is 37.1 Å². The normalized spacial score (nSPS) is 17.2. The summed E-state index contributed by atoms with van der Waals surface area (Å²) in [6, 6.07) is 3.73. The zero-order valence-electron chi connectivity index (χ0n) is 12.0. The molecular formula is C13H14N2O6S. The minimum atomic E-state index is -0.796. The van der Waals surface area contributed by atoms with E-state index in [4.69, 9.17) is 4.74 Å². The molecule has 0 saturated carbocycles. The Balaban J connectivity index is 2.53. The van der Waals surface area contributed by atoms with Gasteiger partial charge in [0.05, 0.1) is 25.0 Å².